The van der Waals surface area contributed by atoms with E-state index in [0.29, 0.717) is 29.4 Å². The number of fused-ring (bicyclic) bond motifs is 1. The zero-order chi connectivity index (χ0) is 17.1. The topological polar surface area (TPSA) is 94.3 Å². The Morgan fingerprint density at radius 2 is 2.08 bits per heavy atom. The third-order valence-electron chi connectivity index (χ3n) is 3.80. The number of anilines is 1. The highest BCUT2D eigenvalue weighted by Gasteiger charge is 2.30. The number of nitrogens with zero attached hydrogens (tertiary/aromatic N) is 1. The minimum absolute atomic E-state index is 0.0954. The van der Waals surface area contributed by atoms with Gasteiger partial charge in [0, 0.05) is 17.3 Å². The molecule has 5 nitrogen and oxygen atoms in total. The molecule has 0 bridgehead atoms. The van der Waals surface area contributed by atoms with E-state index in [0.717, 1.165) is 11.1 Å². The van der Waals surface area contributed by atoms with Gasteiger partial charge in [-0.05, 0) is 23.8 Å². The first kappa shape index (κ1) is 15.5. The van der Waals surface area contributed by atoms with E-state index in [-0.39, 0.29) is 11.8 Å². The number of ether oxygens (including phenoxy) is 2. The van der Waals surface area contributed by atoms with E-state index in [1.165, 1.54) is 0 Å². The highest BCUT2D eigenvalue weighted by atomic mass is 16.5. The van der Waals surface area contributed by atoms with Gasteiger partial charge >= 0.3 is 0 Å². The van der Waals surface area contributed by atoms with Gasteiger partial charge in [0.25, 0.3) is 0 Å². The molecule has 1 aliphatic rings. The fourth-order valence-corrected chi connectivity index (χ4v) is 2.75. The minimum Gasteiger partial charge on any atom is -0.490 e. The lowest BCUT2D eigenvalue weighted by molar-refractivity contribution is 0.362. The zero-order valence-electron chi connectivity index (χ0n) is 13.0. The van der Waals surface area contributed by atoms with Crippen LogP contribution in [-0.4, -0.2) is 6.61 Å². The van der Waals surface area contributed by atoms with Gasteiger partial charge in [0.2, 0.25) is 5.88 Å². The van der Waals surface area contributed by atoms with E-state index in [2.05, 4.69) is 12.6 Å². The van der Waals surface area contributed by atoms with E-state index >= 15 is 0 Å². The van der Waals surface area contributed by atoms with Crippen LogP contribution >= 0.6 is 0 Å². The van der Waals surface area contributed by atoms with E-state index in [4.69, 9.17) is 20.9 Å². The maximum atomic E-state index is 9.55. The first-order chi connectivity index (χ1) is 11.6. The van der Waals surface area contributed by atoms with Crippen molar-refractivity contribution in [1.29, 1.82) is 5.26 Å². The largest absolute Gasteiger partial charge is 0.490 e. The predicted octanol–water partition coefficient (Wildman–Crippen LogP) is 3.05. The van der Waals surface area contributed by atoms with E-state index in [1.807, 2.05) is 30.3 Å². The lowest BCUT2D eigenvalue weighted by Crippen LogP contribution is -2.21. The van der Waals surface area contributed by atoms with Crippen LogP contribution in [0.25, 0.3) is 0 Å². The molecular weight excluding hydrogens is 302 g/mol. The maximum Gasteiger partial charge on any atom is 0.205 e. The van der Waals surface area contributed by atoms with Gasteiger partial charge in [-0.25, -0.2) is 0 Å². The van der Waals surface area contributed by atoms with Crippen molar-refractivity contribution in [3.8, 4) is 17.6 Å². The van der Waals surface area contributed by atoms with Crippen molar-refractivity contribution in [3.05, 3.63) is 77.7 Å². The maximum absolute atomic E-state index is 9.55. The molecule has 0 saturated carbocycles. The molecule has 5 heteroatoms. The van der Waals surface area contributed by atoms with Gasteiger partial charge in [-0.3, -0.25) is 0 Å². The molecule has 1 aliphatic heterocycles. The molecule has 4 N–H and O–H groups in total. The van der Waals surface area contributed by atoms with Crippen LogP contribution in [-0.2, 0) is 0 Å². The van der Waals surface area contributed by atoms with Gasteiger partial charge in [0.05, 0.1) is 5.92 Å². The summed E-state index contributed by atoms with van der Waals surface area (Å²) in [5, 5.41) is 9.55. The average Bonchev–Trinajstić information content (AvgIpc) is 2.58. The van der Waals surface area contributed by atoms with Crippen LogP contribution in [0.15, 0.2) is 66.6 Å². The van der Waals surface area contributed by atoms with Crippen LogP contribution < -0.4 is 20.9 Å². The van der Waals surface area contributed by atoms with Crippen LogP contribution in [0.2, 0.25) is 0 Å². The molecule has 3 rings (SSSR count). The highest BCUT2D eigenvalue weighted by Crippen LogP contribution is 2.43. The Morgan fingerprint density at radius 3 is 2.83 bits per heavy atom. The summed E-state index contributed by atoms with van der Waals surface area (Å²) in [6, 6.07) is 15.1. The number of hydrogen-bond acceptors (Lipinski definition) is 5. The normalized spacial score (nSPS) is 15.9. The number of allylic oxidation sites excluding steroid dienone is 1. The molecule has 0 fully saturated rings. The number of rotatable bonds is 4. The lowest BCUT2D eigenvalue weighted by Gasteiger charge is -2.26. The van der Waals surface area contributed by atoms with Crippen LogP contribution in [0.3, 0.4) is 0 Å². The number of nitrogen functional groups attached to an aromatic ring is 1. The van der Waals surface area contributed by atoms with Crippen LogP contribution in [0.5, 0.6) is 11.5 Å². The van der Waals surface area contributed by atoms with Gasteiger partial charge in [-0.15, -0.1) is 0 Å². The summed E-state index contributed by atoms with van der Waals surface area (Å²) in [5.41, 5.74) is 14.5. The van der Waals surface area contributed by atoms with Crippen LogP contribution in [0, 0.1) is 11.3 Å². The Balaban J connectivity index is 2.11. The molecule has 2 aromatic rings. The van der Waals surface area contributed by atoms with Gasteiger partial charge in [0.15, 0.2) is 0 Å². The standard InChI is InChI=1S/C19H17N3O2/c1-2-8-23-14-5-3-4-12(9-14)18-15-7-6-13(21)10-17(15)24-19(22)16(18)11-20/h2-7,9-10,18H,1,8,21-22H2/t18-/m0/s1. The first-order valence-electron chi connectivity index (χ1n) is 7.44. The molecular formula is C19H17N3O2. The smallest absolute Gasteiger partial charge is 0.205 e. The van der Waals surface area contributed by atoms with Crippen molar-refractivity contribution >= 4 is 5.69 Å². The summed E-state index contributed by atoms with van der Waals surface area (Å²) in [6.45, 7) is 4.05. The van der Waals surface area contributed by atoms with Crippen molar-refractivity contribution in [2.75, 3.05) is 12.3 Å². The molecule has 0 unspecified atom stereocenters. The predicted molar refractivity (Wildman–Crippen MR) is 92.3 cm³/mol. The summed E-state index contributed by atoms with van der Waals surface area (Å²) in [5.74, 6) is 1.03. The first-order valence-corrected chi connectivity index (χ1v) is 7.44. The lowest BCUT2D eigenvalue weighted by atomic mass is 9.83. The molecule has 0 radical (unpaired) electrons. The molecule has 2 aromatic carbocycles. The Morgan fingerprint density at radius 1 is 1.25 bits per heavy atom. The molecule has 24 heavy (non-hydrogen) atoms. The van der Waals surface area contributed by atoms with Crippen molar-refractivity contribution in [2.24, 2.45) is 5.73 Å². The third-order valence-corrected chi connectivity index (χ3v) is 3.80. The van der Waals surface area contributed by atoms with E-state index < -0.39 is 0 Å². The minimum atomic E-state index is -0.327. The van der Waals surface area contributed by atoms with Gasteiger partial charge in [-0.1, -0.05) is 30.9 Å². The molecule has 0 saturated heterocycles. The summed E-state index contributed by atoms with van der Waals surface area (Å²) in [7, 11) is 0. The third kappa shape index (κ3) is 2.77. The van der Waals surface area contributed by atoms with Crippen molar-refractivity contribution in [3.63, 3.8) is 0 Å². The van der Waals surface area contributed by atoms with Crippen molar-refractivity contribution < 1.29 is 9.47 Å². The Bertz CT molecular complexity index is 865. The molecule has 0 aromatic heterocycles. The average molecular weight is 319 g/mol. The fraction of sp³-hybridized carbons (Fsp3) is 0.105. The zero-order valence-corrected chi connectivity index (χ0v) is 13.0. The highest BCUT2D eigenvalue weighted by molar-refractivity contribution is 5.60. The number of benzene rings is 2. The summed E-state index contributed by atoms with van der Waals surface area (Å²) < 4.78 is 11.2. The second-order valence-electron chi connectivity index (χ2n) is 5.39. The van der Waals surface area contributed by atoms with Gasteiger partial charge in [0.1, 0.15) is 29.7 Å². The Kier molecular flexibility index (Phi) is 4.13. The molecule has 1 heterocycles. The van der Waals surface area contributed by atoms with Gasteiger partial charge < -0.3 is 20.9 Å². The summed E-state index contributed by atoms with van der Waals surface area (Å²) in [6.07, 6.45) is 1.68. The van der Waals surface area contributed by atoms with Crippen molar-refractivity contribution in [1.82, 2.24) is 0 Å². The second kappa shape index (κ2) is 6.39. The number of nitrogens with two attached hydrogens (primary N) is 2. The quantitative estimate of drug-likeness (QED) is 0.667. The second-order valence-corrected chi connectivity index (χ2v) is 5.39. The summed E-state index contributed by atoms with van der Waals surface area (Å²) >= 11 is 0. The Labute approximate surface area is 140 Å². The SMILES string of the molecule is C=CCOc1cccc([C@@H]2C(C#N)=C(N)Oc3cc(N)ccc32)c1. The Hall–Kier alpha value is -3.39. The summed E-state index contributed by atoms with van der Waals surface area (Å²) in [4.78, 5) is 0. The van der Waals surface area contributed by atoms with Crippen LogP contribution in [0.4, 0.5) is 5.69 Å². The van der Waals surface area contributed by atoms with Crippen LogP contribution in [0.1, 0.15) is 17.0 Å². The molecule has 0 amide bonds. The van der Waals surface area contributed by atoms with E-state index in [9.17, 15) is 5.26 Å². The molecule has 1 atom stereocenters. The fourth-order valence-electron chi connectivity index (χ4n) is 2.75. The van der Waals surface area contributed by atoms with Gasteiger partial charge in [-0.2, -0.15) is 5.26 Å². The van der Waals surface area contributed by atoms with Crippen molar-refractivity contribution in [2.45, 2.75) is 5.92 Å². The molecule has 0 aliphatic carbocycles. The number of hydrogen-bond donors (Lipinski definition) is 2. The monoisotopic (exact) mass is 319 g/mol. The molecule has 0 spiro atoms. The van der Waals surface area contributed by atoms with E-state index in [1.54, 1.807) is 18.2 Å². The molecule has 120 valence electrons. The number of nitriles is 1.